The number of benzene rings is 1. The third-order valence-corrected chi connectivity index (χ3v) is 3.89. The lowest BCUT2D eigenvalue weighted by atomic mass is 10.2. The Morgan fingerprint density at radius 2 is 1.95 bits per heavy atom. The van der Waals surface area contributed by atoms with Gasteiger partial charge in [0.1, 0.15) is 5.75 Å². The summed E-state index contributed by atoms with van der Waals surface area (Å²) in [5.41, 5.74) is 0.721. The van der Waals surface area contributed by atoms with Gasteiger partial charge >= 0.3 is 5.97 Å². The third kappa shape index (κ3) is 3.10. The lowest BCUT2D eigenvalue weighted by Gasteiger charge is -2.07. The van der Waals surface area contributed by atoms with Crippen molar-refractivity contribution in [3.8, 4) is 5.75 Å². The molecule has 3 rings (SSSR count). The molecule has 0 aliphatic heterocycles. The summed E-state index contributed by atoms with van der Waals surface area (Å²) in [4.78, 5) is 22.4. The number of carboxylic acids is 1. The largest absolute Gasteiger partial charge is 0.482 e. The summed E-state index contributed by atoms with van der Waals surface area (Å²) in [6, 6.07) is 6.76. The first kappa shape index (κ1) is 13.0. The van der Waals surface area contributed by atoms with Crippen molar-refractivity contribution in [3.05, 3.63) is 24.3 Å². The van der Waals surface area contributed by atoms with Crippen molar-refractivity contribution in [1.29, 1.82) is 0 Å². The van der Waals surface area contributed by atoms with Crippen LogP contribution in [0.2, 0.25) is 0 Å². The van der Waals surface area contributed by atoms with Gasteiger partial charge in [0.05, 0.1) is 0 Å². The van der Waals surface area contributed by atoms with Crippen molar-refractivity contribution < 1.29 is 19.4 Å². The number of carbonyl (C=O) groups is 2. The molecule has 1 aromatic carbocycles. The molecule has 5 nitrogen and oxygen atoms in total. The maximum Gasteiger partial charge on any atom is 0.341 e. The van der Waals surface area contributed by atoms with Crippen LogP contribution in [0, 0.1) is 17.8 Å². The Balaban J connectivity index is 1.50. The molecular formula is C15H17NO4. The smallest absolute Gasteiger partial charge is 0.341 e. The molecule has 2 N–H and O–H groups in total. The van der Waals surface area contributed by atoms with Crippen molar-refractivity contribution in [2.24, 2.45) is 17.8 Å². The maximum absolute atomic E-state index is 12.0. The van der Waals surface area contributed by atoms with Crippen LogP contribution in [0.15, 0.2) is 24.3 Å². The minimum atomic E-state index is -1.01. The van der Waals surface area contributed by atoms with Crippen LogP contribution in [-0.4, -0.2) is 23.6 Å². The molecule has 0 heterocycles. The average molecular weight is 275 g/mol. The molecule has 2 aliphatic rings. The van der Waals surface area contributed by atoms with Crippen molar-refractivity contribution in [2.45, 2.75) is 19.3 Å². The second-order valence-electron chi connectivity index (χ2n) is 5.54. The number of aliphatic carboxylic acids is 1. The highest BCUT2D eigenvalue weighted by atomic mass is 16.5. The van der Waals surface area contributed by atoms with E-state index in [9.17, 15) is 9.59 Å². The molecule has 2 unspecified atom stereocenters. The van der Waals surface area contributed by atoms with Crippen LogP contribution in [0.5, 0.6) is 5.75 Å². The van der Waals surface area contributed by atoms with E-state index in [1.54, 1.807) is 24.3 Å². The zero-order chi connectivity index (χ0) is 14.1. The van der Waals surface area contributed by atoms with Crippen LogP contribution < -0.4 is 10.1 Å². The number of carbonyl (C=O) groups excluding carboxylic acids is 1. The lowest BCUT2D eigenvalue weighted by Crippen LogP contribution is -2.15. The highest BCUT2D eigenvalue weighted by Gasteiger charge is 2.51. The molecule has 2 atom stereocenters. The molecule has 0 saturated heterocycles. The summed E-state index contributed by atoms with van der Waals surface area (Å²) in [6.07, 6.45) is 3.59. The van der Waals surface area contributed by atoms with Gasteiger partial charge in [-0.15, -0.1) is 0 Å². The SMILES string of the molecule is O=C(O)COc1ccc(NC(=O)C2CC2C2CC2)cc1. The summed E-state index contributed by atoms with van der Waals surface area (Å²) in [6.45, 7) is -0.364. The Kier molecular flexibility index (Phi) is 3.34. The first-order valence-electron chi connectivity index (χ1n) is 6.89. The van der Waals surface area contributed by atoms with Gasteiger partial charge < -0.3 is 15.2 Å². The zero-order valence-electron chi connectivity index (χ0n) is 11.0. The van der Waals surface area contributed by atoms with Crippen LogP contribution in [0.25, 0.3) is 0 Å². The molecule has 2 fully saturated rings. The van der Waals surface area contributed by atoms with Gasteiger partial charge in [0, 0.05) is 11.6 Å². The summed E-state index contributed by atoms with van der Waals surface area (Å²) in [7, 11) is 0. The fraction of sp³-hybridized carbons (Fsp3) is 0.467. The number of hydrogen-bond acceptors (Lipinski definition) is 3. The topological polar surface area (TPSA) is 75.6 Å². The van der Waals surface area contributed by atoms with E-state index < -0.39 is 5.97 Å². The van der Waals surface area contributed by atoms with Gasteiger partial charge in [-0.1, -0.05) is 0 Å². The molecule has 1 amide bonds. The maximum atomic E-state index is 12.0. The minimum absolute atomic E-state index is 0.0982. The second-order valence-corrected chi connectivity index (χ2v) is 5.54. The van der Waals surface area contributed by atoms with Gasteiger partial charge in [-0.05, 0) is 55.4 Å². The third-order valence-electron chi connectivity index (χ3n) is 3.89. The summed E-state index contributed by atoms with van der Waals surface area (Å²) < 4.78 is 5.03. The molecular weight excluding hydrogens is 258 g/mol. The molecule has 106 valence electrons. The number of hydrogen-bond donors (Lipinski definition) is 2. The Bertz CT molecular complexity index is 521. The van der Waals surface area contributed by atoms with E-state index >= 15 is 0 Å². The van der Waals surface area contributed by atoms with E-state index in [-0.39, 0.29) is 18.4 Å². The molecule has 0 spiro atoms. The van der Waals surface area contributed by atoms with Gasteiger partial charge in [0.2, 0.25) is 5.91 Å². The van der Waals surface area contributed by atoms with Gasteiger partial charge in [-0.3, -0.25) is 4.79 Å². The van der Waals surface area contributed by atoms with Crippen molar-refractivity contribution in [1.82, 2.24) is 0 Å². The van der Waals surface area contributed by atoms with E-state index in [0.717, 1.165) is 18.0 Å². The first-order valence-corrected chi connectivity index (χ1v) is 6.89. The molecule has 2 aliphatic carbocycles. The predicted molar refractivity (Wildman–Crippen MR) is 72.5 cm³/mol. The first-order chi connectivity index (χ1) is 9.63. The van der Waals surface area contributed by atoms with E-state index in [1.165, 1.54) is 12.8 Å². The van der Waals surface area contributed by atoms with Crippen molar-refractivity contribution in [3.63, 3.8) is 0 Å². The normalized spacial score (nSPS) is 24.0. The van der Waals surface area contributed by atoms with Gasteiger partial charge in [-0.2, -0.15) is 0 Å². The average Bonchev–Trinajstić information content (AvgIpc) is 3.28. The van der Waals surface area contributed by atoms with Crippen molar-refractivity contribution in [2.75, 3.05) is 11.9 Å². The van der Waals surface area contributed by atoms with Crippen molar-refractivity contribution >= 4 is 17.6 Å². The Labute approximate surface area is 116 Å². The monoisotopic (exact) mass is 275 g/mol. The molecule has 20 heavy (non-hydrogen) atoms. The van der Waals surface area contributed by atoms with E-state index in [4.69, 9.17) is 9.84 Å². The number of ether oxygens (including phenoxy) is 1. The second kappa shape index (κ2) is 5.15. The summed E-state index contributed by atoms with van der Waals surface area (Å²) in [5.74, 6) is 1.15. The van der Waals surface area contributed by atoms with Gasteiger partial charge in [-0.25, -0.2) is 4.79 Å². The number of nitrogens with one attached hydrogen (secondary N) is 1. The predicted octanol–water partition coefficient (Wildman–Crippen LogP) is 2.13. The Hall–Kier alpha value is -2.04. The zero-order valence-corrected chi connectivity index (χ0v) is 11.0. The number of rotatable bonds is 6. The summed E-state index contributed by atoms with van der Waals surface area (Å²) in [5, 5.41) is 11.4. The van der Waals surface area contributed by atoms with Crippen LogP contribution in [0.4, 0.5) is 5.69 Å². The molecule has 0 bridgehead atoms. The van der Waals surface area contributed by atoms with Crippen LogP contribution >= 0.6 is 0 Å². The van der Waals surface area contributed by atoms with Crippen LogP contribution in [0.1, 0.15) is 19.3 Å². The minimum Gasteiger partial charge on any atom is -0.482 e. The molecule has 5 heteroatoms. The number of amides is 1. The number of anilines is 1. The standard InChI is InChI=1S/C15H17NO4/c17-14(18)8-20-11-5-3-10(4-6-11)16-15(19)13-7-12(13)9-1-2-9/h3-6,9,12-13H,1-2,7-8H2,(H,16,19)(H,17,18). The van der Waals surface area contributed by atoms with E-state index in [2.05, 4.69) is 5.32 Å². The quantitative estimate of drug-likeness (QED) is 0.834. The highest BCUT2D eigenvalue weighted by molar-refractivity contribution is 5.94. The highest BCUT2D eigenvalue weighted by Crippen LogP contribution is 2.54. The van der Waals surface area contributed by atoms with Crippen LogP contribution in [-0.2, 0) is 9.59 Å². The summed E-state index contributed by atoms with van der Waals surface area (Å²) >= 11 is 0. The fourth-order valence-corrected chi connectivity index (χ4v) is 2.58. The molecule has 0 radical (unpaired) electrons. The van der Waals surface area contributed by atoms with Gasteiger partial charge in [0.25, 0.3) is 0 Å². The van der Waals surface area contributed by atoms with Crippen LogP contribution in [0.3, 0.4) is 0 Å². The fourth-order valence-electron chi connectivity index (χ4n) is 2.58. The lowest BCUT2D eigenvalue weighted by molar-refractivity contribution is -0.139. The van der Waals surface area contributed by atoms with Gasteiger partial charge in [0.15, 0.2) is 6.61 Å². The molecule has 1 aromatic rings. The Morgan fingerprint density at radius 1 is 1.25 bits per heavy atom. The molecule has 2 saturated carbocycles. The Morgan fingerprint density at radius 3 is 2.55 bits per heavy atom. The van der Waals surface area contributed by atoms with E-state index in [1.807, 2.05) is 0 Å². The van der Waals surface area contributed by atoms with E-state index in [0.29, 0.717) is 11.7 Å². The number of carboxylic acid groups (broad SMARTS) is 1. The molecule has 0 aromatic heterocycles.